The van der Waals surface area contributed by atoms with Crippen LogP contribution in [-0.4, -0.2) is 9.13 Å². The van der Waals surface area contributed by atoms with Gasteiger partial charge in [0, 0.05) is 23.8 Å². The maximum atomic E-state index is 12.5. The molecule has 0 fully saturated rings. The summed E-state index contributed by atoms with van der Waals surface area (Å²) in [5.41, 5.74) is -0.102. The van der Waals surface area contributed by atoms with Gasteiger partial charge < -0.3 is 0 Å². The monoisotopic (exact) mass is 294 g/mol. The van der Waals surface area contributed by atoms with E-state index in [1.54, 1.807) is 10.6 Å². The molecular formula is C17H30N2O2. The van der Waals surface area contributed by atoms with E-state index in [1.165, 1.54) is 30.3 Å². The molecule has 1 rings (SSSR count). The third kappa shape index (κ3) is 4.87. The molecule has 4 nitrogen and oxygen atoms in total. The van der Waals surface area contributed by atoms with Crippen molar-refractivity contribution >= 4 is 0 Å². The van der Waals surface area contributed by atoms with Crippen molar-refractivity contribution < 1.29 is 0 Å². The summed E-state index contributed by atoms with van der Waals surface area (Å²) in [6.07, 6.45) is 7.16. The van der Waals surface area contributed by atoms with Gasteiger partial charge in [-0.25, -0.2) is 4.79 Å². The van der Waals surface area contributed by atoms with Gasteiger partial charge in [-0.15, -0.1) is 0 Å². The quantitative estimate of drug-likeness (QED) is 0.723. The lowest BCUT2D eigenvalue weighted by molar-refractivity contribution is 0.349. The lowest BCUT2D eigenvalue weighted by Crippen LogP contribution is -2.48. The van der Waals surface area contributed by atoms with Gasteiger partial charge in [0.15, 0.2) is 0 Å². The van der Waals surface area contributed by atoms with Gasteiger partial charge in [-0.3, -0.25) is 13.9 Å². The molecule has 0 aliphatic heterocycles. The summed E-state index contributed by atoms with van der Waals surface area (Å²) in [5.74, 6) is 0. The van der Waals surface area contributed by atoms with E-state index in [9.17, 15) is 9.59 Å². The van der Waals surface area contributed by atoms with Crippen molar-refractivity contribution in [1.82, 2.24) is 9.13 Å². The van der Waals surface area contributed by atoms with Gasteiger partial charge in [0.2, 0.25) is 0 Å². The van der Waals surface area contributed by atoms with E-state index in [1.807, 2.05) is 27.7 Å². The van der Waals surface area contributed by atoms with Crippen LogP contribution in [0.1, 0.15) is 71.9 Å². The highest BCUT2D eigenvalue weighted by Crippen LogP contribution is 2.09. The second-order valence-corrected chi connectivity index (χ2v) is 6.83. The van der Waals surface area contributed by atoms with Crippen LogP contribution in [0.4, 0.5) is 0 Å². The predicted molar refractivity (Wildman–Crippen MR) is 88.1 cm³/mol. The number of unbranched alkanes of at least 4 members (excludes halogenated alkanes) is 5. The van der Waals surface area contributed by atoms with Crippen LogP contribution >= 0.6 is 0 Å². The van der Waals surface area contributed by atoms with Crippen LogP contribution in [0.15, 0.2) is 15.7 Å². The largest absolute Gasteiger partial charge is 0.331 e. The molecule has 0 saturated heterocycles. The Balaban J connectivity index is 2.84. The van der Waals surface area contributed by atoms with E-state index >= 15 is 0 Å². The number of aryl methyl sites for hydroxylation is 1. The van der Waals surface area contributed by atoms with Gasteiger partial charge in [-0.1, -0.05) is 39.0 Å². The van der Waals surface area contributed by atoms with Crippen molar-refractivity contribution in [2.24, 2.45) is 0 Å². The predicted octanol–water partition coefficient (Wildman–Crippen LogP) is 3.43. The minimum Gasteiger partial charge on any atom is -0.298 e. The normalized spacial score (nSPS) is 11.9. The average Bonchev–Trinajstić information content (AvgIpc) is 2.34. The van der Waals surface area contributed by atoms with Crippen molar-refractivity contribution in [1.29, 1.82) is 0 Å². The van der Waals surface area contributed by atoms with Gasteiger partial charge in [-0.05, 0) is 34.1 Å². The summed E-state index contributed by atoms with van der Waals surface area (Å²) < 4.78 is 3.10. The first-order valence-electron chi connectivity index (χ1n) is 8.13. The number of rotatable bonds is 7. The summed E-state index contributed by atoms with van der Waals surface area (Å²) in [6, 6.07) is 1.57. The van der Waals surface area contributed by atoms with E-state index < -0.39 is 5.54 Å². The topological polar surface area (TPSA) is 44.0 Å². The van der Waals surface area contributed by atoms with Crippen LogP contribution in [0.25, 0.3) is 0 Å². The van der Waals surface area contributed by atoms with Gasteiger partial charge >= 0.3 is 5.69 Å². The fourth-order valence-electron chi connectivity index (χ4n) is 2.63. The van der Waals surface area contributed by atoms with Crippen molar-refractivity contribution in [2.75, 3.05) is 0 Å². The molecule has 0 unspecified atom stereocenters. The summed E-state index contributed by atoms with van der Waals surface area (Å²) in [7, 11) is 0. The first-order chi connectivity index (χ1) is 9.79. The molecule has 0 aliphatic carbocycles. The maximum absolute atomic E-state index is 12.5. The molecule has 0 N–H and O–H groups in total. The smallest absolute Gasteiger partial charge is 0.298 e. The van der Waals surface area contributed by atoms with Gasteiger partial charge in [0.1, 0.15) is 0 Å². The third-order valence-corrected chi connectivity index (χ3v) is 3.81. The Morgan fingerprint density at radius 3 is 2.14 bits per heavy atom. The van der Waals surface area contributed by atoms with Crippen LogP contribution in [0.3, 0.4) is 0 Å². The molecule has 120 valence electrons. The number of hydrogen-bond acceptors (Lipinski definition) is 2. The van der Waals surface area contributed by atoms with Crippen LogP contribution in [0, 0.1) is 6.92 Å². The Morgan fingerprint density at radius 2 is 1.57 bits per heavy atom. The van der Waals surface area contributed by atoms with Crippen LogP contribution in [-0.2, 0) is 12.1 Å². The molecule has 0 radical (unpaired) electrons. The first-order valence-corrected chi connectivity index (χ1v) is 8.13. The Bertz CT molecular complexity index is 562. The lowest BCUT2D eigenvalue weighted by atomic mass is 10.1. The molecule has 0 saturated carbocycles. The molecular weight excluding hydrogens is 264 g/mol. The molecule has 1 aromatic rings. The highest BCUT2D eigenvalue weighted by molar-refractivity contribution is 5.02. The zero-order valence-electron chi connectivity index (χ0n) is 14.2. The number of hydrogen-bond donors (Lipinski definition) is 0. The van der Waals surface area contributed by atoms with E-state index in [-0.39, 0.29) is 11.2 Å². The third-order valence-electron chi connectivity index (χ3n) is 3.81. The first kappa shape index (κ1) is 17.7. The van der Waals surface area contributed by atoms with E-state index in [0.29, 0.717) is 6.54 Å². The summed E-state index contributed by atoms with van der Waals surface area (Å²) >= 11 is 0. The molecule has 0 bridgehead atoms. The van der Waals surface area contributed by atoms with Gasteiger partial charge in [-0.2, -0.15) is 0 Å². The van der Waals surface area contributed by atoms with Crippen LogP contribution in [0.5, 0.6) is 0 Å². The fraction of sp³-hybridized carbons (Fsp3) is 0.765. The number of nitrogens with zero attached hydrogens (tertiary/aromatic N) is 2. The Labute approximate surface area is 127 Å². The molecule has 4 heteroatoms. The maximum Gasteiger partial charge on any atom is 0.331 e. The molecule has 1 aromatic heterocycles. The van der Waals surface area contributed by atoms with Gasteiger partial charge in [0.05, 0.1) is 0 Å². The molecule has 0 aliphatic rings. The van der Waals surface area contributed by atoms with Crippen molar-refractivity contribution in [2.45, 2.75) is 85.2 Å². The molecule has 21 heavy (non-hydrogen) atoms. The zero-order chi connectivity index (χ0) is 16.0. The second kappa shape index (κ2) is 7.62. The van der Waals surface area contributed by atoms with Crippen molar-refractivity contribution in [3.05, 3.63) is 32.6 Å². The van der Waals surface area contributed by atoms with Crippen LogP contribution < -0.4 is 11.2 Å². The molecule has 0 spiro atoms. The summed E-state index contributed by atoms with van der Waals surface area (Å²) in [4.78, 5) is 24.6. The fourth-order valence-corrected chi connectivity index (χ4v) is 2.63. The van der Waals surface area contributed by atoms with Crippen molar-refractivity contribution in [3.63, 3.8) is 0 Å². The highest BCUT2D eigenvalue weighted by atomic mass is 16.2. The molecule has 0 amide bonds. The average molecular weight is 294 g/mol. The van der Waals surface area contributed by atoms with E-state index in [2.05, 4.69) is 6.92 Å². The van der Waals surface area contributed by atoms with E-state index in [0.717, 1.165) is 18.5 Å². The SMILES string of the molecule is CCCCCCCCn1c(C)cc(=O)n(C(C)(C)C)c1=O. The lowest BCUT2D eigenvalue weighted by Gasteiger charge is -2.23. The second-order valence-electron chi connectivity index (χ2n) is 6.83. The molecule has 1 heterocycles. The minimum atomic E-state index is -0.481. The highest BCUT2D eigenvalue weighted by Gasteiger charge is 2.20. The molecule has 0 aromatic carbocycles. The van der Waals surface area contributed by atoms with E-state index in [4.69, 9.17) is 0 Å². The zero-order valence-corrected chi connectivity index (χ0v) is 14.2. The Morgan fingerprint density at radius 1 is 1.00 bits per heavy atom. The van der Waals surface area contributed by atoms with Crippen molar-refractivity contribution in [3.8, 4) is 0 Å². The Hall–Kier alpha value is -1.32. The summed E-state index contributed by atoms with van der Waals surface area (Å²) in [6.45, 7) is 10.4. The van der Waals surface area contributed by atoms with Crippen LogP contribution in [0.2, 0.25) is 0 Å². The van der Waals surface area contributed by atoms with Gasteiger partial charge in [0.25, 0.3) is 5.56 Å². The Kier molecular flexibility index (Phi) is 6.43. The standard InChI is InChI=1S/C17H30N2O2/c1-6-7-8-9-10-11-12-18-14(2)13-15(20)19(16(18)21)17(3,4)5/h13H,6-12H2,1-5H3. The minimum absolute atomic E-state index is 0.180. The number of aromatic nitrogens is 2. The molecule has 0 atom stereocenters. The summed E-state index contributed by atoms with van der Waals surface area (Å²) in [5, 5.41) is 0.